The molecule has 0 saturated carbocycles. The Bertz CT molecular complexity index is 877. The molecule has 1 aromatic heterocycles. The van der Waals surface area contributed by atoms with Crippen LogP contribution in [0.3, 0.4) is 0 Å². The molecule has 1 aliphatic heterocycles. The van der Waals surface area contributed by atoms with Crippen molar-refractivity contribution < 1.29 is 14.8 Å². The molecule has 26 heavy (non-hydrogen) atoms. The number of aryl methyl sites for hydroxylation is 1. The third-order valence-corrected chi connectivity index (χ3v) is 4.19. The minimum Gasteiger partial charge on any atom is -0.396 e. The average molecular weight is 358 g/mol. The Balaban J connectivity index is 2.11. The molecule has 0 saturated heterocycles. The summed E-state index contributed by atoms with van der Waals surface area (Å²) in [7, 11) is 0. The number of rotatable bonds is 6. The Morgan fingerprint density at radius 2 is 2.27 bits per heavy atom. The number of anilines is 1. The van der Waals surface area contributed by atoms with Crippen molar-refractivity contribution >= 4 is 17.5 Å². The first kappa shape index (κ1) is 17.5. The van der Waals surface area contributed by atoms with Crippen molar-refractivity contribution in [3.8, 4) is 0 Å². The van der Waals surface area contributed by atoms with E-state index in [9.17, 15) is 14.9 Å². The van der Waals surface area contributed by atoms with Gasteiger partial charge in [-0.05, 0) is 12.0 Å². The summed E-state index contributed by atoms with van der Waals surface area (Å²) in [6, 6.07) is 5.27. The summed E-state index contributed by atoms with van der Waals surface area (Å²) >= 11 is 0. The van der Waals surface area contributed by atoms with Crippen LogP contribution < -0.4 is 11.1 Å². The second-order valence-electron chi connectivity index (χ2n) is 5.95. The number of aliphatic hydroxyl groups is 1. The molecular formula is C16H18N6O4. The normalized spacial score (nSPS) is 18.9. The van der Waals surface area contributed by atoms with E-state index in [0.717, 1.165) is 0 Å². The van der Waals surface area contributed by atoms with E-state index < -0.39 is 22.8 Å². The maximum absolute atomic E-state index is 12.0. The maximum Gasteiger partial charge on any atom is 0.269 e. The smallest absolute Gasteiger partial charge is 0.269 e. The number of nitro groups is 1. The molecule has 1 aromatic carbocycles. The van der Waals surface area contributed by atoms with Gasteiger partial charge in [0.2, 0.25) is 11.9 Å². The van der Waals surface area contributed by atoms with Crippen LogP contribution in [0.1, 0.15) is 23.9 Å². The number of primary amides is 1. The lowest BCUT2D eigenvalue weighted by Gasteiger charge is -2.32. The van der Waals surface area contributed by atoms with E-state index in [-0.39, 0.29) is 12.3 Å². The van der Waals surface area contributed by atoms with Crippen LogP contribution in [-0.4, -0.2) is 37.3 Å². The van der Waals surface area contributed by atoms with Crippen LogP contribution in [-0.2, 0) is 11.2 Å². The first-order valence-electron chi connectivity index (χ1n) is 7.98. The Hall–Kier alpha value is -3.27. The molecule has 2 heterocycles. The fourth-order valence-electron chi connectivity index (χ4n) is 3.03. The Morgan fingerprint density at radius 1 is 1.50 bits per heavy atom. The predicted molar refractivity (Wildman–Crippen MR) is 92.1 cm³/mol. The van der Waals surface area contributed by atoms with Gasteiger partial charge in [0.05, 0.1) is 11.0 Å². The van der Waals surface area contributed by atoms with Gasteiger partial charge in [-0.15, -0.1) is 0 Å². The highest BCUT2D eigenvalue weighted by Crippen LogP contribution is 2.38. The second kappa shape index (κ2) is 6.92. The summed E-state index contributed by atoms with van der Waals surface area (Å²) in [5.41, 5.74) is 6.31. The maximum atomic E-state index is 12.0. The van der Waals surface area contributed by atoms with E-state index in [2.05, 4.69) is 22.0 Å². The Kier molecular flexibility index (Phi) is 4.67. The summed E-state index contributed by atoms with van der Waals surface area (Å²) in [6.45, 7) is 3.86. The fourth-order valence-corrected chi connectivity index (χ4v) is 3.03. The second-order valence-corrected chi connectivity index (χ2v) is 5.95. The summed E-state index contributed by atoms with van der Waals surface area (Å²) in [5, 5.41) is 27.4. The van der Waals surface area contributed by atoms with Gasteiger partial charge in [-0.2, -0.15) is 10.1 Å². The van der Waals surface area contributed by atoms with Crippen molar-refractivity contribution in [2.24, 2.45) is 11.7 Å². The van der Waals surface area contributed by atoms with Gasteiger partial charge in [-0.3, -0.25) is 14.9 Å². The summed E-state index contributed by atoms with van der Waals surface area (Å²) in [5.74, 6) is -0.624. The van der Waals surface area contributed by atoms with Gasteiger partial charge in [0.25, 0.3) is 5.69 Å². The summed E-state index contributed by atoms with van der Waals surface area (Å²) in [4.78, 5) is 27.0. The van der Waals surface area contributed by atoms with Crippen molar-refractivity contribution in [2.75, 3.05) is 11.9 Å². The number of amides is 1. The van der Waals surface area contributed by atoms with E-state index in [1.807, 2.05) is 0 Å². The largest absolute Gasteiger partial charge is 0.396 e. The molecule has 0 spiro atoms. The number of carbonyl (C=O) groups excluding carboxylic acids is 1. The number of hydrogen-bond acceptors (Lipinski definition) is 7. The van der Waals surface area contributed by atoms with Crippen molar-refractivity contribution in [3.05, 3.63) is 58.0 Å². The number of nitro benzene ring substituents is 1. The van der Waals surface area contributed by atoms with Crippen molar-refractivity contribution in [3.63, 3.8) is 0 Å². The van der Waals surface area contributed by atoms with E-state index in [1.54, 1.807) is 12.1 Å². The molecular weight excluding hydrogens is 340 g/mol. The third-order valence-electron chi connectivity index (χ3n) is 4.19. The SMILES string of the molecule is C=C1Nc2nc(CCCO)nn2[C@H](c2cccc([N+](=O)[O-])c2)[C@H]1C(N)=O. The monoisotopic (exact) mass is 358 g/mol. The van der Waals surface area contributed by atoms with Crippen LogP contribution in [0.25, 0.3) is 0 Å². The molecule has 2 atom stereocenters. The average Bonchev–Trinajstić information content (AvgIpc) is 3.00. The van der Waals surface area contributed by atoms with Crippen LogP contribution in [0.4, 0.5) is 11.6 Å². The quantitative estimate of drug-likeness (QED) is 0.509. The lowest BCUT2D eigenvalue weighted by atomic mass is 9.88. The lowest BCUT2D eigenvalue weighted by molar-refractivity contribution is -0.384. The number of fused-ring (bicyclic) bond motifs is 1. The minimum absolute atomic E-state index is 0.00221. The van der Waals surface area contributed by atoms with E-state index in [0.29, 0.717) is 35.9 Å². The van der Waals surface area contributed by atoms with Crippen LogP contribution in [0.5, 0.6) is 0 Å². The molecule has 1 aliphatic rings. The first-order valence-corrected chi connectivity index (χ1v) is 7.98. The molecule has 0 bridgehead atoms. The summed E-state index contributed by atoms with van der Waals surface area (Å²) in [6.07, 6.45) is 0.943. The van der Waals surface area contributed by atoms with Gasteiger partial charge in [-0.1, -0.05) is 18.7 Å². The van der Waals surface area contributed by atoms with Gasteiger partial charge in [0.1, 0.15) is 5.92 Å². The number of nitrogens with one attached hydrogen (secondary N) is 1. The van der Waals surface area contributed by atoms with Gasteiger partial charge in [0.15, 0.2) is 5.82 Å². The molecule has 10 heteroatoms. The number of nitrogens with two attached hydrogens (primary N) is 1. The van der Waals surface area contributed by atoms with Crippen molar-refractivity contribution in [2.45, 2.75) is 18.9 Å². The van der Waals surface area contributed by atoms with E-state index >= 15 is 0 Å². The molecule has 0 aliphatic carbocycles. The van der Waals surface area contributed by atoms with Crippen LogP contribution in [0, 0.1) is 16.0 Å². The number of aliphatic hydroxyl groups excluding tert-OH is 1. The molecule has 0 radical (unpaired) electrons. The van der Waals surface area contributed by atoms with Crippen LogP contribution in [0.15, 0.2) is 36.5 Å². The highest BCUT2D eigenvalue weighted by Gasteiger charge is 2.39. The Labute approximate surface area is 148 Å². The molecule has 3 rings (SSSR count). The molecule has 0 unspecified atom stereocenters. The Morgan fingerprint density at radius 3 is 2.92 bits per heavy atom. The molecule has 2 aromatic rings. The number of carbonyl (C=O) groups is 1. The standard InChI is InChI=1S/C16H18N6O4/c1-9-13(15(17)24)14(10-4-2-5-11(8-10)22(25)26)21-16(18-9)19-12(20-21)6-3-7-23/h2,4-5,8,13-14,23H,1,3,6-7H2,(H2,17,24)(H,18,19,20)/t13-,14+/m0/s1. The highest BCUT2D eigenvalue weighted by molar-refractivity contribution is 5.82. The molecule has 0 fully saturated rings. The molecule has 136 valence electrons. The fraction of sp³-hybridized carbons (Fsp3) is 0.312. The van der Waals surface area contributed by atoms with Crippen LogP contribution in [0.2, 0.25) is 0 Å². The van der Waals surface area contributed by atoms with Gasteiger partial charge < -0.3 is 16.2 Å². The first-order chi connectivity index (χ1) is 12.4. The van der Waals surface area contributed by atoms with Crippen molar-refractivity contribution in [1.29, 1.82) is 0 Å². The number of hydrogen-bond donors (Lipinski definition) is 3. The van der Waals surface area contributed by atoms with Gasteiger partial charge in [-0.25, -0.2) is 4.68 Å². The van der Waals surface area contributed by atoms with E-state index in [1.165, 1.54) is 16.8 Å². The molecule has 10 nitrogen and oxygen atoms in total. The number of benzene rings is 1. The van der Waals surface area contributed by atoms with Gasteiger partial charge >= 0.3 is 0 Å². The predicted octanol–water partition coefficient (Wildman–Crippen LogP) is 0.741. The molecule has 4 N–H and O–H groups in total. The van der Waals surface area contributed by atoms with E-state index in [4.69, 9.17) is 10.8 Å². The van der Waals surface area contributed by atoms with Gasteiger partial charge in [0, 0.05) is 30.9 Å². The van der Waals surface area contributed by atoms with Crippen molar-refractivity contribution in [1.82, 2.24) is 14.8 Å². The zero-order valence-corrected chi connectivity index (χ0v) is 13.8. The topological polar surface area (TPSA) is 149 Å². The highest BCUT2D eigenvalue weighted by atomic mass is 16.6. The number of non-ortho nitro benzene ring substituents is 1. The third kappa shape index (κ3) is 3.14. The van der Waals surface area contributed by atoms with Crippen LogP contribution >= 0.6 is 0 Å². The minimum atomic E-state index is -0.850. The number of nitrogens with zero attached hydrogens (tertiary/aromatic N) is 4. The number of aromatic nitrogens is 3. The molecule has 1 amide bonds. The zero-order chi connectivity index (χ0) is 18.8. The summed E-state index contributed by atoms with van der Waals surface area (Å²) < 4.78 is 1.50. The lowest BCUT2D eigenvalue weighted by Crippen LogP contribution is -2.40. The zero-order valence-electron chi connectivity index (χ0n) is 13.8.